The van der Waals surface area contributed by atoms with E-state index in [-0.39, 0.29) is 0 Å². The first-order chi connectivity index (χ1) is 8.25. The molecular weight excluding hydrogens is 210 g/mol. The minimum Gasteiger partial charge on any atom is -0.342 e. The fraction of sp³-hybridized carbons (Fsp3) is 0.933. The van der Waals surface area contributed by atoms with Crippen LogP contribution in [0.5, 0.6) is 0 Å². The SMILES string of the molecule is CC1CCCN(C(=O)CCC2CCCCC2)C1. The fourth-order valence-corrected chi connectivity index (χ4v) is 3.38. The molecule has 1 aliphatic heterocycles. The van der Waals surface area contributed by atoms with Gasteiger partial charge in [0, 0.05) is 19.5 Å². The van der Waals surface area contributed by atoms with Gasteiger partial charge in [0.15, 0.2) is 0 Å². The third-order valence-electron chi connectivity index (χ3n) is 4.50. The van der Waals surface area contributed by atoms with Gasteiger partial charge < -0.3 is 4.90 Å². The number of carbonyl (C=O) groups excluding carboxylic acids is 1. The highest BCUT2D eigenvalue weighted by Gasteiger charge is 2.22. The van der Waals surface area contributed by atoms with Crippen molar-refractivity contribution in [2.75, 3.05) is 13.1 Å². The van der Waals surface area contributed by atoms with Crippen LogP contribution >= 0.6 is 0 Å². The lowest BCUT2D eigenvalue weighted by Crippen LogP contribution is -2.39. The molecule has 1 unspecified atom stereocenters. The maximum absolute atomic E-state index is 12.1. The van der Waals surface area contributed by atoms with E-state index in [4.69, 9.17) is 0 Å². The summed E-state index contributed by atoms with van der Waals surface area (Å²) in [6, 6.07) is 0. The second-order valence-electron chi connectivity index (χ2n) is 6.13. The number of hydrogen-bond acceptors (Lipinski definition) is 1. The summed E-state index contributed by atoms with van der Waals surface area (Å²) in [5.41, 5.74) is 0. The predicted molar refractivity (Wildman–Crippen MR) is 70.8 cm³/mol. The summed E-state index contributed by atoms with van der Waals surface area (Å²) >= 11 is 0. The van der Waals surface area contributed by atoms with Crippen LogP contribution in [-0.2, 0) is 4.79 Å². The molecule has 1 heterocycles. The van der Waals surface area contributed by atoms with Crippen molar-refractivity contribution in [3.05, 3.63) is 0 Å². The van der Waals surface area contributed by atoms with Crippen LogP contribution in [0.15, 0.2) is 0 Å². The van der Waals surface area contributed by atoms with Gasteiger partial charge in [-0.25, -0.2) is 0 Å². The summed E-state index contributed by atoms with van der Waals surface area (Å²) in [5.74, 6) is 1.97. The van der Waals surface area contributed by atoms with Crippen LogP contribution in [0.1, 0.15) is 64.7 Å². The Kier molecular flexibility index (Phi) is 4.87. The minimum absolute atomic E-state index is 0.419. The van der Waals surface area contributed by atoms with Crippen LogP contribution in [-0.4, -0.2) is 23.9 Å². The van der Waals surface area contributed by atoms with Gasteiger partial charge in [0.05, 0.1) is 0 Å². The number of carbonyl (C=O) groups is 1. The molecule has 2 heteroatoms. The van der Waals surface area contributed by atoms with E-state index in [1.807, 2.05) is 0 Å². The lowest BCUT2D eigenvalue weighted by atomic mass is 9.86. The maximum Gasteiger partial charge on any atom is 0.222 e. The lowest BCUT2D eigenvalue weighted by Gasteiger charge is -2.31. The fourth-order valence-electron chi connectivity index (χ4n) is 3.38. The van der Waals surface area contributed by atoms with Gasteiger partial charge in [-0.2, -0.15) is 0 Å². The first-order valence-corrected chi connectivity index (χ1v) is 7.53. The van der Waals surface area contributed by atoms with Gasteiger partial charge in [0.1, 0.15) is 0 Å². The van der Waals surface area contributed by atoms with Crippen LogP contribution in [0.25, 0.3) is 0 Å². The van der Waals surface area contributed by atoms with Gasteiger partial charge in [0.25, 0.3) is 0 Å². The van der Waals surface area contributed by atoms with Gasteiger partial charge in [-0.3, -0.25) is 4.79 Å². The zero-order chi connectivity index (χ0) is 12.1. The Bertz CT molecular complexity index is 245. The Morgan fingerprint density at radius 2 is 1.88 bits per heavy atom. The van der Waals surface area contributed by atoms with Crippen LogP contribution in [0.4, 0.5) is 0 Å². The summed E-state index contributed by atoms with van der Waals surface area (Å²) in [6.07, 6.45) is 11.4. The number of amides is 1. The number of likely N-dealkylation sites (tertiary alicyclic amines) is 1. The molecule has 1 amide bonds. The van der Waals surface area contributed by atoms with Gasteiger partial charge in [-0.15, -0.1) is 0 Å². The van der Waals surface area contributed by atoms with Crippen LogP contribution < -0.4 is 0 Å². The maximum atomic E-state index is 12.1. The first kappa shape index (κ1) is 12.9. The zero-order valence-electron chi connectivity index (χ0n) is 11.3. The molecular formula is C15H27NO. The van der Waals surface area contributed by atoms with Crippen molar-refractivity contribution in [1.29, 1.82) is 0 Å². The van der Waals surface area contributed by atoms with Gasteiger partial charge in [0.2, 0.25) is 5.91 Å². The van der Waals surface area contributed by atoms with Gasteiger partial charge in [-0.05, 0) is 31.1 Å². The topological polar surface area (TPSA) is 20.3 Å². The second-order valence-corrected chi connectivity index (χ2v) is 6.13. The minimum atomic E-state index is 0.419. The predicted octanol–water partition coefficient (Wildman–Crippen LogP) is 3.61. The van der Waals surface area contributed by atoms with E-state index in [0.29, 0.717) is 11.8 Å². The van der Waals surface area contributed by atoms with E-state index in [0.717, 1.165) is 31.8 Å². The molecule has 0 spiro atoms. The average Bonchev–Trinajstić information content (AvgIpc) is 2.37. The molecule has 2 fully saturated rings. The first-order valence-electron chi connectivity index (χ1n) is 7.53. The van der Waals surface area contributed by atoms with E-state index < -0.39 is 0 Å². The molecule has 2 nitrogen and oxygen atoms in total. The molecule has 1 aliphatic carbocycles. The Morgan fingerprint density at radius 3 is 2.59 bits per heavy atom. The molecule has 17 heavy (non-hydrogen) atoms. The molecule has 0 aromatic carbocycles. The number of nitrogens with zero attached hydrogens (tertiary/aromatic N) is 1. The second kappa shape index (κ2) is 6.42. The van der Waals surface area contributed by atoms with E-state index in [1.165, 1.54) is 44.9 Å². The smallest absolute Gasteiger partial charge is 0.222 e. The lowest BCUT2D eigenvalue weighted by molar-refractivity contribution is -0.133. The summed E-state index contributed by atoms with van der Waals surface area (Å²) < 4.78 is 0. The average molecular weight is 237 g/mol. The number of piperidine rings is 1. The molecule has 1 saturated carbocycles. The molecule has 0 N–H and O–H groups in total. The summed E-state index contributed by atoms with van der Waals surface area (Å²) in [5, 5.41) is 0. The van der Waals surface area contributed by atoms with Crippen molar-refractivity contribution in [3.8, 4) is 0 Å². The zero-order valence-corrected chi connectivity index (χ0v) is 11.3. The van der Waals surface area contributed by atoms with Crippen molar-refractivity contribution in [3.63, 3.8) is 0 Å². The molecule has 1 saturated heterocycles. The molecule has 2 aliphatic rings. The van der Waals surface area contributed by atoms with Gasteiger partial charge >= 0.3 is 0 Å². The van der Waals surface area contributed by atoms with E-state index >= 15 is 0 Å². The molecule has 0 aromatic rings. The molecule has 0 bridgehead atoms. The van der Waals surface area contributed by atoms with Crippen LogP contribution in [0, 0.1) is 11.8 Å². The van der Waals surface area contributed by atoms with Crippen molar-refractivity contribution < 1.29 is 4.79 Å². The van der Waals surface area contributed by atoms with E-state index in [2.05, 4.69) is 11.8 Å². The summed E-state index contributed by atoms with van der Waals surface area (Å²) in [4.78, 5) is 14.2. The molecule has 98 valence electrons. The van der Waals surface area contributed by atoms with Crippen LogP contribution in [0.3, 0.4) is 0 Å². The van der Waals surface area contributed by atoms with E-state index in [1.54, 1.807) is 0 Å². The molecule has 0 aromatic heterocycles. The van der Waals surface area contributed by atoms with Gasteiger partial charge in [-0.1, -0.05) is 39.0 Å². The van der Waals surface area contributed by atoms with Crippen molar-refractivity contribution in [1.82, 2.24) is 4.90 Å². The standard InChI is InChI=1S/C15H27NO/c1-13-6-5-11-16(12-13)15(17)10-9-14-7-3-2-4-8-14/h13-14H,2-12H2,1H3. The number of rotatable bonds is 3. The van der Waals surface area contributed by atoms with Crippen molar-refractivity contribution in [2.45, 2.75) is 64.7 Å². The van der Waals surface area contributed by atoms with Crippen molar-refractivity contribution in [2.24, 2.45) is 11.8 Å². The monoisotopic (exact) mass is 237 g/mol. The van der Waals surface area contributed by atoms with E-state index in [9.17, 15) is 4.79 Å². The molecule has 2 rings (SSSR count). The molecule has 1 atom stereocenters. The Morgan fingerprint density at radius 1 is 1.12 bits per heavy atom. The highest BCUT2D eigenvalue weighted by molar-refractivity contribution is 5.76. The quantitative estimate of drug-likeness (QED) is 0.734. The van der Waals surface area contributed by atoms with Crippen LogP contribution in [0.2, 0.25) is 0 Å². The highest BCUT2D eigenvalue weighted by Crippen LogP contribution is 2.27. The number of hydrogen-bond donors (Lipinski definition) is 0. The molecule has 0 radical (unpaired) electrons. The summed E-state index contributed by atoms with van der Waals surface area (Å²) in [6.45, 7) is 4.28. The highest BCUT2D eigenvalue weighted by atomic mass is 16.2. The third-order valence-corrected chi connectivity index (χ3v) is 4.50. The Hall–Kier alpha value is -0.530. The Balaban J connectivity index is 1.69. The normalized spacial score (nSPS) is 27.1. The van der Waals surface area contributed by atoms with Crippen molar-refractivity contribution >= 4 is 5.91 Å². The summed E-state index contributed by atoms with van der Waals surface area (Å²) in [7, 11) is 0. The largest absolute Gasteiger partial charge is 0.342 e. The Labute approximate surface area is 106 Å². The third kappa shape index (κ3) is 4.01.